The van der Waals surface area contributed by atoms with E-state index in [0.717, 1.165) is 26.6 Å². The molecule has 0 saturated carbocycles. The van der Waals surface area contributed by atoms with Crippen LogP contribution >= 0.6 is 0 Å². The third kappa shape index (κ3) is 8.95. The predicted octanol–water partition coefficient (Wildman–Crippen LogP) is 6.07. The number of rotatable bonds is 15. The Bertz CT molecular complexity index is 1780. The third-order valence-corrected chi connectivity index (χ3v) is 10.1. The molecule has 4 aromatic rings. The number of hydrogen-bond acceptors (Lipinski definition) is 6. The quantitative estimate of drug-likeness (QED) is 0.165. The number of benzene rings is 4. The van der Waals surface area contributed by atoms with E-state index in [0.29, 0.717) is 17.9 Å². The van der Waals surface area contributed by atoms with Gasteiger partial charge in [-0.15, -0.1) is 0 Å². The summed E-state index contributed by atoms with van der Waals surface area (Å²) < 4.78 is 40.6. The Kier molecular flexibility index (Phi) is 12.2. The molecule has 2 atom stereocenters. The lowest BCUT2D eigenvalue weighted by atomic mass is 10.0. The molecule has 48 heavy (non-hydrogen) atoms. The minimum atomic E-state index is -4.31. The molecular formula is C38H45N3O6S. The summed E-state index contributed by atoms with van der Waals surface area (Å²) in [5.74, 6) is -0.229. The van der Waals surface area contributed by atoms with Gasteiger partial charge in [0.05, 0.1) is 24.8 Å². The highest BCUT2D eigenvalue weighted by molar-refractivity contribution is 7.92. The number of ether oxygens (including phenoxy) is 2. The Morgan fingerprint density at radius 2 is 1.40 bits per heavy atom. The number of hydrogen-bond donors (Lipinski definition) is 1. The molecule has 0 radical (unpaired) electrons. The molecule has 9 nitrogen and oxygen atoms in total. The van der Waals surface area contributed by atoms with Crippen LogP contribution in [0.2, 0.25) is 0 Å². The van der Waals surface area contributed by atoms with Gasteiger partial charge in [-0.3, -0.25) is 13.9 Å². The van der Waals surface area contributed by atoms with Crippen molar-refractivity contribution in [2.24, 2.45) is 0 Å². The number of nitrogens with zero attached hydrogens (tertiary/aromatic N) is 2. The number of anilines is 1. The standard InChI is InChI=1S/C38H45N3O6S/c1-7-29(4)39-38(43)34(23-30-11-9-8-10-12-30)40(25-31-17-13-27(2)14-18-31)37(42)26-41(32-19-15-28(3)16-20-32)48(44,45)33-21-22-35(46-5)36(24-33)47-6/h8-22,24,29,34H,7,23,25-26H2,1-6H3,(H,39,43)/t29-,34-/m0/s1. The number of carbonyl (C=O) groups excluding carboxylic acids is 2. The van der Waals surface area contributed by atoms with Gasteiger partial charge in [0.2, 0.25) is 11.8 Å². The maximum atomic E-state index is 14.7. The average molecular weight is 672 g/mol. The summed E-state index contributed by atoms with van der Waals surface area (Å²) in [6.45, 7) is 7.32. The Balaban J connectivity index is 1.82. The fourth-order valence-corrected chi connectivity index (χ4v) is 6.66. The van der Waals surface area contributed by atoms with Gasteiger partial charge >= 0.3 is 0 Å². The summed E-state index contributed by atoms with van der Waals surface area (Å²) >= 11 is 0. The van der Waals surface area contributed by atoms with Crippen LogP contribution < -0.4 is 19.1 Å². The molecule has 254 valence electrons. The summed E-state index contributed by atoms with van der Waals surface area (Å²) in [6.07, 6.45) is 0.953. The van der Waals surface area contributed by atoms with Crippen LogP contribution in [-0.2, 0) is 32.6 Å². The minimum absolute atomic E-state index is 0.0750. The molecule has 0 aliphatic carbocycles. The molecule has 10 heteroatoms. The minimum Gasteiger partial charge on any atom is -0.493 e. The zero-order valence-electron chi connectivity index (χ0n) is 28.5. The van der Waals surface area contributed by atoms with Crippen LogP contribution in [0.15, 0.2) is 102 Å². The SMILES string of the molecule is CC[C@H](C)NC(=O)[C@H](Cc1ccccc1)N(Cc1ccc(C)cc1)C(=O)CN(c1ccc(C)cc1)S(=O)(=O)c1ccc(OC)c(OC)c1. The lowest BCUT2D eigenvalue weighted by Gasteiger charge is -2.34. The first-order valence-electron chi connectivity index (χ1n) is 16.0. The molecule has 0 bridgehead atoms. The zero-order valence-corrected chi connectivity index (χ0v) is 29.3. The molecule has 0 saturated heterocycles. The molecule has 4 rings (SSSR count). The molecule has 0 unspecified atom stereocenters. The van der Waals surface area contributed by atoms with Crippen LogP contribution in [0.25, 0.3) is 0 Å². The Morgan fingerprint density at radius 3 is 1.98 bits per heavy atom. The maximum Gasteiger partial charge on any atom is 0.264 e. The number of amides is 2. The van der Waals surface area contributed by atoms with E-state index >= 15 is 0 Å². The molecule has 0 heterocycles. The highest BCUT2D eigenvalue weighted by atomic mass is 32.2. The fraction of sp³-hybridized carbons (Fsp3) is 0.316. The second kappa shape index (κ2) is 16.3. The molecule has 0 aliphatic heterocycles. The van der Waals surface area contributed by atoms with Crippen molar-refractivity contribution in [2.45, 2.75) is 64.1 Å². The summed E-state index contributed by atoms with van der Waals surface area (Å²) in [5.41, 5.74) is 3.98. The first-order valence-corrected chi connectivity index (χ1v) is 17.4. The van der Waals surface area contributed by atoms with Crippen LogP contribution in [0.1, 0.15) is 42.5 Å². The van der Waals surface area contributed by atoms with Crippen LogP contribution in [0.3, 0.4) is 0 Å². The largest absolute Gasteiger partial charge is 0.493 e. The lowest BCUT2D eigenvalue weighted by molar-refractivity contribution is -0.140. The van der Waals surface area contributed by atoms with Gasteiger partial charge in [-0.2, -0.15) is 0 Å². The second-order valence-electron chi connectivity index (χ2n) is 11.9. The topological polar surface area (TPSA) is 105 Å². The van der Waals surface area contributed by atoms with E-state index in [4.69, 9.17) is 9.47 Å². The molecular weight excluding hydrogens is 627 g/mol. The van der Waals surface area contributed by atoms with Crippen LogP contribution in [0, 0.1) is 13.8 Å². The number of methoxy groups -OCH3 is 2. The normalized spacial score (nSPS) is 12.5. The van der Waals surface area contributed by atoms with E-state index in [1.54, 1.807) is 24.3 Å². The molecule has 0 aromatic heterocycles. The average Bonchev–Trinajstić information content (AvgIpc) is 3.09. The van der Waals surface area contributed by atoms with Crippen molar-refractivity contribution >= 4 is 27.5 Å². The van der Waals surface area contributed by atoms with Gasteiger partial charge in [0.25, 0.3) is 10.0 Å². The highest BCUT2D eigenvalue weighted by Crippen LogP contribution is 2.32. The van der Waals surface area contributed by atoms with Crippen molar-refractivity contribution in [1.82, 2.24) is 10.2 Å². The van der Waals surface area contributed by atoms with Crippen LogP contribution in [-0.4, -0.2) is 58.0 Å². The van der Waals surface area contributed by atoms with Gasteiger partial charge in [-0.25, -0.2) is 8.42 Å². The fourth-order valence-electron chi connectivity index (χ4n) is 5.23. The van der Waals surface area contributed by atoms with Gasteiger partial charge in [-0.1, -0.05) is 84.8 Å². The molecule has 1 N–H and O–H groups in total. The first kappa shape index (κ1) is 36.0. The third-order valence-electron chi connectivity index (χ3n) is 8.29. The van der Waals surface area contributed by atoms with E-state index < -0.39 is 28.5 Å². The van der Waals surface area contributed by atoms with Gasteiger partial charge in [0.1, 0.15) is 12.6 Å². The van der Waals surface area contributed by atoms with Crippen molar-refractivity contribution in [3.63, 3.8) is 0 Å². The monoisotopic (exact) mass is 671 g/mol. The zero-order chi connectivity index (χ0) is 34.8. The second-order valence-corrected chi connectivity index (χ2v) is 13.8. The van der Waals surface area contributed by atoms with E-state index in [9.17, 15) is 18.0 Å². The summed E-state index contributed by atoms with van der Waals surface area (Å²) in [5, 5.41) is 3.06. The lowest BCUT2D eigenvalue weighted by Crippen LogP contribution is -2.54. The molecule has 0 fully saturated rings. The molecule has 2 amide bonds. The summed E-state index contributed by atoms with van der Waals surface area (Å²) in [6, 6.07) is 27.4. The van der Waals surface area contributed by atoms with E-state index in [1.807, 2.05) is 82.3 Å². The van der Waals surface area contributed by atoms with E-state index in [2.05, 4.69) is 5.32 Å². The Labute approximate surface area is 284 Å². The smallest absolute Gasteiger partial charge is 0.264 e. The van der Waals surface area contributed by atoms with Gasteiger partial charge in [0, 0.05) is 25.1 Å². The Morgan fingerprint density at radius 1 is 0.792 bits per heavy atom. The van der Waals surface area contributed by atoms with Gasteiger partial charge in [0.15, 0.2) is 11.5 Å². The summed E-state index contributed by atoms with van der Waals surface area (Å²) in [4.78, 5) is 30.1. The van der Waals surface area contributed by atoms with E-state index in [1.165, 1.54) is 37.3 Å². The van der Waals surface area contributed by atoms with Gasteiger partial charge < -0.3 is 19.7 Å². The van der Waals surface area contributed by atoms with Crippen molar-refractivity contribution in [2.75, 3.05) is 25.1 Å². The van der Waals surface area contributed by atoms with Gasteiger partial charge in [-0.05, 0) is 62.6 Å². The number of sulfonamides is 1. The number of aryl methyl sites for hydroxylation is 2. The van der Waals surface area contributed by atoms with Crippen molar-refractivity contribution in [3.05, 3.63) is 119 Å². The maximum absolute atomic E-state index is 14.7. The molecule has 0 spiro atoms. The molecule has 4 aromatic carbocycles. The van der Waals surface area contributed by atoms with Crippen molar-refractivity contribution in [1.29, 1.82) is 0 Å². The first-order chi connectivity index (χ1) is 23.0. The van der Waals surface area contributed by atoms with Crippen molar-refractivity contribution < 1.29 is 27.5 Å². The highest BCUT2D eigenvalue weighted by Gasteiger charge is 2.35. The number of carbonyl (C=O) groups is 2. The van der Waals surface area contributed by atoms with E-state index in [-0.39, 0.29) is 35.6 Å². The predicted molar refractivity (Wildman–Crippen MR) is 189 cm³/mol. The van der Waals surface area contributed by atoms with Crippen LogP contribution in [0.4, 0.5) is 5.69 Å². The van der Waals surface area contributed by atoms with Crippen LogP contribution in [0.5, 0.6) is 11.5 Å². The van der Waals surface area contributed by atoms with Crippen molar-refractivity contribution in [3.8, 4) is 11.5 Å². The molecule has 0 aliphatic rings. The summed E-state index contributed by atoms with van der Waals surface area (Å²) in [7, 11) is -1.42. The number of nitrogens with one attached hydrogen (secondary N) is 1. The Hall–Kier alpha value is -4.83.